The standard InChI is InChI=1S/C15H16N10O/c16-1-5-23(6-2-17)13-20-14(24(7-3-18)8-4-19)22-15(21-13)25-9-11-26-12-10-25/h5-12H2. The Morgan fingerprint density at radius 1 is 0.769 bits per heavy atom. The van der Waals surface area contributed by atoms with Crippen LogP contribution < -0.4 is 14.7 Å². The van der Waals surface area contributed by atoms with Crippen molar-refractivity contribution in [3.05, 3.63) is 0 Å². The average Bonchev–Trinajstić information content (AvgIpc) is 2.68. The summed E-state index contributed by atoms with van der Waals surface area (Å²) in [5.74, 6) is 0.663. The lowest BCUT2D eigenvalue weighted by Crippen LogP contribution is -2.39. The van der Waals surface area contributed by atoms with Crippen LogP contribution in [0.4, 0.5) is 17.8 Å². The van der Waals surface area contributed by atoms with Crippen molar-refractivity contribution in [2.75, 3.05) is 67.2 Å². The molecule has 0 saturated carbocycles. The maximum Gasteiger partial charge on any atom is 0.233 e. The number of hydrogen-bond acceptors (Lipinski definition) is 11. The van der Waals surface area contributed by atoms with Crippen LogP contribution in [-0.2, 0) is 4.74 Å². The van der Waals surface area contributed by atoms with Gasteiger partial charge in [0.1, 0.15) is 26.2 Å². The minimum atomic E-state index is -0.0733. The zero-order valence-corrected chi connectivity index (χ0v) is 14.0. The van der Waals surface area contributed by atoms with Crippen LogP contribution in [0.25, 0.3) is 0 Å². The van der Waals surface area contributed by atoms with E-state index in [0.29, 0.717) is 32.3 Å². The summed E-state index contributed by atoms with van der Waals surface area (Å²) in [5, 5.41) is 36.0. The van der Waals surface area contributed by atoms with Gasteiger partial charge in [-0.1, -0.05) is 0 Å². The highest BCUT2D eigenvalue weighted by Gasteiger charge is 2.21. The SMILES string of the molecule is N#CCN(CC#N)c1nc(N(CC#N)CC#N)nc(N2CCOCC2)n1. The van der Waals surface area contributed by atoms with Crippen LogP contribution in [-0.4, -0.2) is 67.4 Å². The van der Waals surface area contributed by atoms with Crippen molar-refractivity contribution in [3.8, 4) is 24.3 Å². The molecule has 0 aromatic carbocycles. The van der Waals surface area contributed by atoms with Crippen LogP contribution in [0, 0.1) is 45.3 Å². The van der Waals surface area contributed by atoms with Crippen LogP contribution in [0.3, 0.4) is 0 Å². The van der Waals surface area contributed by atoms with Crippen LogP contribution in [0.1, 0.15) is 0 Å². The highest BCUT2D eigenvalue weighted by atomic mass is 16.5. The van der Waals surface area contributed by atoms with Crippen LogP contribution in [0.15, 0.2) is 0 Å². The minimum Gasteiger partial charge on any atom is -0.378 e. The molecule has 0 bridgehead atoms. The van der Waals surface area contributed by atoms with E-state index in [1.807, 2.05) is 29.2 Å². The predicted molar refractivity (Wildman–Crippen MR) is 89.7 cm³/mol. The molecule has 2 heterocycles. The van der Waals surface area contributed by atoms with Gasteiger partial charge in [-0.15, -0.1) is 0 Å². The second-order valence-electron chi connectivity index (χ2n) is 5.18. The number of nitrogens with zero attached hydrogens (tertiary/aromatic N) is 10. The molecule has 1 aromatic rings. The van der Waals surface area contributed by atoms with Crippen molar-refractivity contribution in [2.24, 2.45) is 0 Å². The number of anilines is 3. The summed E-state index contributed by atoms with van der Waals surface area (Å²) >= 11 is 0. The normalized spacial score (nSPS) is 13.0. The molecule has 11 nitrogen and oxygen atoms in total. The first-order chi connectivity index (χ1) is 12.7. The van der Waals surface area contributed by atoms with E-state index in [1.54, 1.807) is 0 Å². The van der Waals surface area contributed by atoms with Crippen LogP contribution in [0.2, 0.25) is 0 Å². The lowest BCUT2D eigenvalue weighted by atomic mass is 10.4. The fraction of sp³-hybridized carbons (Fsp3) is 0.533. The first-order valence-electron chi connectivity index (χ1n) is 7.80. The van der Waals surface area contributed by atoms with Crippen molar-refractivity contribution in [3.63, 3.8) is 0 Å². The van der Waals surface area contributed by atoms with Gasteiger partial charge in [-0.2, -0.15) is 36.0 Å². The molecule has 0 N–H and O–H groups in total. The van der Waals surface area contributed by atoms with Crippen molar-refractivity contribution in [1.82, 2.24) is 15.0 Å². The predicted octanol–water partition coefficient (Wildman–Crippen LogP) is -0.585. The summed E-state index contributed by atoms with van der Waals surface area (Å²) in [7, 11) is 0. The van der Waals surface area contributed by atoms with E-state index >= 15 is 0 Å². The number of ether oxygens (including phenoxy) is 1. The number of aromatic nitrogens is 3. The van der Waals surface area contributed by atoms with Crippen molar-refractivity contribution >= 4 is 17.8 Å². The number of morpholine rings is 1. The van der Waals surface area contributed by atoms with Gasteiger partial charge in [0, 0.05) is 13.1 Å². The molecule has 132 valence electrons. The van der Waals surface area contributed by atoms with E-state index in [4.69, 9.17) is 25.8 Å². The van der Waals surface area contributed by atoms with E-state index in [0.717, 1.165) is 0 Å². The van der Waals surface area contributed by atoms with Crippen molar-refractivity contribution in [1.29, 1.82) is 21.0 Å². The molecular formula is C15H16N10O. The smallest absolute Gasteiger partial charge is 0.233 e. The molecule has 0 radical (unpaired) electrons. The van der Waals surface area contributed by atoms with Gasteiger partial charge >= 0.3 is 0 Å². The first kappa shape index (κ1) is 18.7. The number of nitriles is 4. The van der Waals surface area contributed by atoms with Gasteiger partial charge in [0.2, 0.25) is 17.8 Å². The van der Waals surface area contributed by atoms with Gasteiger partial charge < -0.3 is 19.4 Å². The van der Waals surface area contributed by atoms with E-state index in [1.165, 1.54) is 9.80 Å². The minimum absolute atomic E-state index is 0.0733. The molecule has 1 aliphatic heterocycles. The monoisotopic (exact) mass is 352 g/mol. The summed E-state index contributed by atoms with van der Waals surface area (Å²) < 4.78 is 5.32. The van der Waals surface area contributed by atoms with E-state index in [9.17, 15) is 0 Å². The third-order valence-electron chi connectivity index (χ3n) is 3.51. The molecule has 0 atom stereocenters. The van der Waals surface area contributed by atoms with E-state index < -0.39 is 0 Å². The summed E-state index contributed by atoms with van der Waals surface area (Å²) in [6.45, 7) is 1.91. The molecule has 0 spiro atoms. The van der Waals surface area contributed by atoms with Gasteiger partial charge in [-0.3, -0.25) is 0 Å². The molecule has 1 fully saturated rings. The van der Waals surface area contributed by atoms with Crippen molar-refractivity contribution in [2.45, 2.75) is 0 Å². The number of hydrogen-bond donors (Lipinski definition) is 0. The fourth-order valence-corrected chi connectivity index (χ4v) is 2.27. The molecule has 0 unspecified atom stereocenters. The third kappa shape index (κ3) is 4.67. The van der Waals surface area contributed by atoms with Crippen LogP contribution >= 0.6 is 0 Å². The average molecular weight is 352 g/mol. The molecule has 0 aliphatic carbocycles. The van der Waals surface area contributed by atoms with E-state index in [-0.39, 0.29) is 38.1 Å². The summed E-state index contributed by atoms with van der Waals surface area (Å²) in [4.78, 5) is 17.7. The Hall–Kier alpha value is -3.67. The second kappa shape index (κ2) is 9.58. The maximum absolute atomic E-state index is 8.99. The van der Waals surface area contributed by atoms with Gasteiger partial charge in [-0.25, -0.2) is 0 Å². The topological polar surface area (TPSA) is 153 Å². The Morgan fingerprint density at radius 2 is 1.19 bits per heavy atom. The highest BCUT2D eigenvalue weighted by Crippen LogP contribution is 2.19. The lowest BCUT2D eigenvalue weighted by molar-refractivity contribution is 0.122. The molecule has 1 saturated heterocycles. The zero-order chi connectivity index (χ0) is 18.8. The van der Waals surface area contributed by atoms with Crippen molar-refractivity contribution < 1.29 is 4.74 Å². The second-order valence-corrected chi connectivity index (χ2v) is 5.18. The maximum atomic E-state index is 8.99. The van der Waals surface area contributed by atoms with Gasteiger partial charge in [0.15, 0.2) is 0 Å². The Balaban J connectivity index is 2.47. The zero-order valence-electron chi connectivity index (χ0n) is 14.0. The van der Waals surface area contributed by atoms with E-state index in [2.05, 4.69) is 15.0 Å². The van der Waals surface area contributed by atoms with Gasteiger partial charge in [-0.05, 0) is 0 Å². The molecule has 11 heteroatoms. The first-order valence-corrected chi connectivity index (χ1v) is 7.80. The van der Waals surface area contributed by atoms with Gasteiger partial charge in [0.05, 0.1) is 37.5 Å². The Kier molecular flexibility index (Phi) is 6.88. The largest absolute Gasteiger partial charge is 0.378 e. The number of rotatable bonds is 7. The molecule has 1 aliphatic rings. The van der Waals surface area contributed by atoms with Gasteiger partial charge in [0.25, 0.3) is 0 Å². The Labute approximate surface area is 150 Å². The quantitative estimate of drug-likeness (QED) is 0.579. The molecule has 2 rings (SSSR count). The lowest BCUT2D eigenvalue weighted by Gasteiger charge is -2.28. The molecule has 0 amide bonds. The molecule has 26 heavy (non-hydrogen) atoms. The summed E-state index contributed by atoms with van der Waals surface area (Å²) in [6, 6.07) is 7.89. The fourth-order valence-electron chi connectivity index (χ4n) is 2.27. The third-order valence-corrected chi connectivity index (χ3v) is 3.51. The highest BCUT2D eigenvalue weighted by molar-refractivity contribution is 5.48. The summed E-state index contributed by atoms with van der Waals surface area (Å²) in [6.07, 6.45) is 0. The summed E-state index contributed by atoms with van der Waals surface area (Å²) in [5.41, 5.74) is 0. The molecule has 1 aromatic heterocycles. The Morgan fingerprint density at radius 3 is 1.58 bits per heavy atom. The molecular weight excluding hydrogens is 336 g/mol. The Bertz CT molecular complexity index is 691. The van der Waals surface area contributed by atoms with Crippen LogP contribution in [0.5, 0.6) is 0 Å².